The summed E-state index contributed by atoms with van der Waals surface area (Å²) < 4.78 is 0. The first kappa shape index (κ1) is 13.4. The monoisotopic (exact) mass is 305 g/mol. The summed E-state index contributed by atoms with van der Waals surface area (Å²) in [4.78, 5) is 4.14. The van der Waals surface area contributed by atoms with Gasteiger partial charge in [0, 0.05) is 17.6 Å². The molecule has 1 unspecified atom stereocenters. The quantitative estimate of drug-likeness (QED) is 0.852. The van der Waals surface area contributed by atoms with E-state index >= 15 is 0 Å². The summed E-state index contributed by atoms with van der Waals surface area (Å²) >= 11 is 11.7. The number of aromatic nitrogens is 1. The maximum atomic E-state index is 5.91. The Morgan fingerprint density at radius 3 is 2.50 bits per heavy atom. The van der Waals surface area contributed by atoms with Crippen molar-refractivity contribution in [3.8, 4) is 0 Å². The highest BCUT2D eigenvalue weighted by atomic mass is 35.5. The number of pyridine rings is 1. The zero-order valence-corrected chi connectivity index (χ0v) is 12.4. The van der Waals surface area contributed by atoms with Crippen LogP contribution in [0.1, 0.15) is 24.5 Å². The molecule has 0 saturated heterocycles. The summed E-state index contributed by atoms with van der Waals surface area (Å²) in [6.45, 7) is 2.10. The van der Waals surface area contributed by atoms with E-state index in [1.54, 1.807) is 12.3 Å². The molecule has 0 fully saturated rings. The third-order valence-electron chi connectivity index (χ3n) is 3.50. The SMILES string of the molecule is CC1(c2ccc(Cl)nc2)CC(c2ccc(Cl)cc2)=NN1. The molecule has 0 saturated carbocycles. The second-order valence-electron chi connectivity index (χ2n) is 5.06. The van der Waals surface area contributed by atoms with Crippen LogP contribution in [-0.4, -0.2) is 10.7 Å². The number of hydrazone groups is 1. The predicted molar refractivity (Wildman–Crippen MR) is 82.3 cm³/mol. The Labute approximate surface area is 127 Å². The topological polar surface area (TPSA) is 37.3 Å². The van der Waals surface area contributed by atoms with Gasteiger partial charge in [0.1, 0.15) is 5.15 Å². The van der Waals surface area contributed by atoms with Crippen LogP contribution >= 0.6 is 23.2 Å². The first-order valence-electron chi connectivity index (χ1n) is 6.28. The standard InChI is InChI=1S/C15H13Cl2N3/c1-15(11-4-7-14(17)18-9-11)8-13(19-20-15)10-2-5-12(16)6-3-10/h2-7,9,20H,8H2,1H3. The van der Waals surface area contributed by atoms with Gasteiger partial charge >= 0.3 is 0 Å². The molecule has 0 spiro atoms. The Bertz CT molecular complexity index is 650. The second-order valence-corrected chi connectivity index (χ2v) is 5.88. The second kappa shape index (κ2) is 5.08. The molecule has 1 aromatic heterocycles. The van der Waals surface area contributed by atoms with Crippen LogP contribution in [0.25, 0.3) is 0 Å². The van der Waals surface area contributed by atoms with Crippen molar-refractivity contribution in [3.05, 3.63) is 63.9 Å². The maximum absolute atomic E-state index is 5.91. The molecule has 1 N–H and O–H groups in total. The molecule has 1 atom stereocenters. The Hall–Kier alpha value is -1.58. The van der Waals surface area contributed by atoms with Crippen molar-refractivity contribution < 1.29 is 0 Å². The van der Waals surface area contributed by atoms with E-state index in [-0.39, 0.29) is 5.54 Å². The van der Waals surface area contributed by atoms with E-state index in [0.717, 1.165) is 28.3 Å². The molecule has 0 bridgehead atoms. The summed E-state index contributed by atoms with van der Waals surface area (Å²) in [5, 5.41) is 5.67. The average Bonchev–Trinajstić information content (AvgIpc) is 2.84. The van der Waals surface area contributed by atoms with E-state index in [1.165, 1.54) is 0 Å². The molecule has 3 nitrogen and oxygen atoms in total. The maximum Gasteiger partial charge on any atom is 0.129 e. The number of benzene rings is 1. The van der Waals surface area contributed by atoms with Gasteiger partial charge in [0.15, 0.2) is 0 Å². The zero-order valence-electron chi connectivity index (χ0n) is 10.9. The van der Waals surface area contributed by atoms with Crippen LogP contribution in [0.4, 0.5) is 0 Å². The van der Waals surface area contributed by atoms with Crippen molar-refractivity contribution in [2.24, 2.45) is 5.10 Å². The molecular formula is C15H13Cl2N3. The zero-order chi connectivity index (χ0) is 14.2. The van der Waals surface area contributed by atoms with Gasteiger partial charge in [-0.25, -0.2) is 4.98 Å². The molecule has 20 heavy (non-hydrogen) atoms. The Morgan fingerprint density at radius 2 is 1.85 bits per heavy atom. The first-order chi connectivity index (χ1) is 9.57. The van der Waals surface area contributed by atoms with Gasteiger partial charge in [-0.2, -0.15) is 5.10 Å². The minimum absolute atomic E-state index is 0.257. The molecule has 1 aromatic carbocycles. The van der Waals surface area contributed by atoms with Gasteiger partial charge in [0.05, 0.1) is 11.3 Å². The van der Waals surface area contributed by atoms with E-state index in [0.29, 0.717) is 5.15 Å². The number of rotatable bonds is 2. The smallest absolute Gasteiger partial charge is 0.129 e. The molecular weight excluding hydrogens is 293 g/mol. The van der Waals surface area contributed by atoms with Crippen molar-refractivity contribution in [3.63, 3.8) is 0 Å². The van der Waals surface area contributed by atoms with Crippen molar-refractivity contribution in [1.82, 2.24) is 10.4 Å². The van der Waals surface area contributed by atoms with Gasteiger partial charge in [-0.1, -0.05) is 41.4 Å². The lowest BCUT2D eigenvalue weighted by atomic mass is 9.88. The highest BCUT2D eigenvalue weighted by Gasteiger charge is 2.33. The number of hydrogen-bond acceptors (Lipinski definition) is 3. The number of nitrogens with one attached hydrogen (secondary N) is 1. The highest BCUT2D eigenvalue weighted by molar-refractivity contribution is 6.30. The molecule has 102 valence electrons. The van der Waals surface area contributed by atoms with E-state index < -0.39 is 0 Å². The minimum Gasteiger partial charge on any atom is -0.299 e. The van der Waals surface area contributed by atoms with Crippen molar-refractivity contribution >= 4 is 28.9 Å². The molecule has 5 heteroatoms. The van der Waals surface area contributed by atoms with Crippen LogP contribution < -0.4 is 5.43 Å². The van der Waals surface area contributed by atoms with E-state index in [9.17, 15) is 0 Å². The lowest BCUT2D eigenvalue weighted by Crippen LogP contribution is -2.32. The third-order valence-corrected chi connectivity index (χ3v) is 3.98. The van der Waals surface area contributed by atoms with Gasteiger partial charge in [0.25, 0.3) is 0 Å². The van der Waals surface area contributed by atoms with Crippen LogP contribution in [0.2, 0.25) is 10.2 Å². The summed E-state index contributed by atoms with van der Waals surface area (Å²) in [5.74, 6) is 0. The third kappa shape index (κ3) is 2.51. The molecule has 2 heterocycles. The first-order valence-corrected chi connectivity index (χ1v) is 7.04. The van der Waals surface area contributed by atoms with Crippen LogP contribution in [0, 0.1) is 0 Å². The normalized spacial score (nSPS) is 21.4. The summed E-state index contributed by atoms with van der Waals surface area (Å²) in [7, 11) is 0. The lowest BCUT2D eigenvalue weighted by molar-refractivity contribution is 0.420. The van der Waals surface area contributed by atoms with Gasteiger partial charge in [-0.05, 0) is 36.2 Å². The number of nitrogens with zero attached hydrogens (tertiary/aromatic N) is 2. The molecule has 2 aromatic rings. The number of hydrogen-bond donors (Lipinski definition) is 1. The Morgan fingerprint density at radius 1 is 1.10 bits per heavy atom. The van der Waals surface area contributed by atoms with Crippen LogP contribution in [0.3, 0.4) is 0 Å². The molecule has 3 rings (SSSR count). The fraction of sp³-hybridized carbons (Fsp3) is 0.200. The van der Waals surface area contributed by atoms with Gasteiger partial charge in [0.2, 0.25) is 0 Å². The van der Waals surface area contributed by atoms with Gasteiger partial charge in [-0.3, -0.25) is 5.43 Å². The van der Waals surface area contributed by atoms with E-state index in [4.69, 9.17) is 23.2 Å². The Kier molecular flexibility index (Phi) is 3.40. The fourth-order valence-electron chi connectivity index (χ4n) is 2.28. The molecule has 1 aliphatic heterocycles. The summed E-state index contributed by atoms with van der Waals surface area (Å²) in [5.41, 5.74) is 6.10. The Balaban J connectivity index is 1.84. The highest BCUT2D eigenvalue weighted by Crippen LogP contribution is 2.31. The van der Waals surface area contributed by atoms with Gasteiger partial charge < -0.3 is 0 Å². The number of halogens is 2. The molecule has 0 aliphatic carbocycles. The molecule has 0 amide bonds. The predicted octanol–water partition coefficient (Wildman–Crippen LogP) is 4.00. The van der Waals surface area contributed by atoms with Crippen molar-refractivity contribution in [2.45, 2.75) is 18.9 Å². The molecule has 0 radical (unpaired) electrons. The summed E-state index contributed by atoms with van der Waals surface area (Å²) in [6, 6.07) is 11.5. The van der Waals surface area contributed by atoms with Crippen LogP contribution in [-0.2, 0) is 5.54 Å². The fourth-order valence-corrected chi connectivity index (χ4v) is 2.52. The van der Waals surface area contributed by atoms with E-state index in [2.05, 4.69) is 22.4 Å². The minimum atomic E-state index is -0.257. The largest absolute Gasteiger partial charge is 0.299 e. The van der Waals surface area contributed by atoms with E-state index in [1.807, 2.05) is 30.3 Å². The summed E-state index contributed by atoms with van der Waals surface area (Å²) in [6.07, 6.45) is 2.58. The van der Waals surface area contributed by atoms with Gasteiger partial charge in [-0.15, -0.1) is 0 Å². The molecule has 1 aliphatic rings. The van der Waals surface area contributed by atoms with Crippen molar-refractivity contribution in [1.29, 1.82) is 0 Å². The van der Waals surface area contributed by atoms with Crippen LogP contribution in [0.15, 0.2) is 47.7 Å². The average molecular weight is 306 g/mol. The lowest BCUT2D eigenvalue weighted by Gasteiger charge is -2.23. The van der Waals surface area contributed by atoms with Crippen molar-refractivity contribution in [2.75, 3.05) is 0 Å². The van der Waals surface area contributed by atoms with Crippen LogP contribution in [0.5, 0.6) is 0 Å².